The van der Waals surface area contributed by atoms with Crippen LogP contribution in [0, 0.1) is 11.8 Å². The Bertz CT molecular complexity index is 640. The largest absolute Gasteiger partial charge is 0.349 e. The molecule has 5 atom stereocenters. The van der Waals surface area contributed by atoms with E-state index in [0.717, 1.165) is 37.0 Å². The molecule has 0 amide bonds. The quantitative estimate of drug-likeness (QED) is 0.764. The molecule has 0 aromatic heterocycles. The van der Waals surface area contributed by atoms with Crippen LogP contribution in [0.4, 0.5) is 0 Å². The van der Waals surface area contributed by atoms with E-state index in [2.05, 4.69) is 6.58 Å². The van der Waals surface area contributed by atoms with Gasteiger partial charge in [0.1, 0.15) is 0 Å². The summed E-state index contributed by atoms with van der Waals surface area (Å²) in [7, 11) is 0. The molecule has 0 radical (unpaired) electrons. The highest BCUT2D eigenvalue weighted by molar-refractivity contribution is 5.47. The molecule has 2 bridgehead atoms. The average Bonchev–Trinajstić information content (AvgIpc) is 2.90. The van der Waals surface area contributed by atoms with Gasteiger partial charge in [0, 0.05) is 12.0 Å². The van der Waals surface area contributed by atoms with E-state index in [1.165, 1.54) is 19.3 Å². The van der Waals surface area contributed by atoms with Crippen molar-refractivity contribution in [3.63, 3.8) is 0 Å². The smallest absolute Gasteiger partial charge is 0.230 e. The van der Waals surface area contributed by atoms with Crippen molar-refractivity contribution in [2.75, 3.05) is 6.61 Å². The summed E-state index contributed by atoms with van der Waals surface area (Å²) in [6.45, 7) is 4.56. The highest BCUT2D eigenvalue weighted by Gasteiger charge is 2.66. The lowest BCUT2D eigenvalue weighted by atomic mass is 9.65. The standard InChI is InChI=1S/C20H24O4/c1-2-14-6-8-15(9-7-14)19-12-10-16-4-3-5-17-11-13-21-18(22-19)20(16,17)24-23-19/h2,6-9,16-18H,1,3-5,10-13H2/t16-,17+,18-,19+,20-/m1/s1. The van der Waals surface area contributed by atoms with Crippen molar-refractivity contribution in [3.8, 4) is 0 Å². The van der Waals surface area contributed by atoms with Crippen molar-refractivity contribution < 1.29 is 19.2 Å². The number of hydrogen-bond acceptors (Lipinski definition) is 4. The molecule has 4 heteroatoms. The highest BCUT2D eigenvalue weighted by atomic mass is 17.3. The fourth-order valence-electron chi connectivity index (χ4n) is 5.20. The first-order valence-electron chi connectivity index (χ1n) is 9.16. The fraction of sp³-hybridized carbons (Fsp3) is 0.600. The zero-order valence-electron chi connectivity index (χ0n) is 13.9. The van der Waals surface area contributed by atoms with Gasteiger partial charge in [-0.15, -0.1) is 0 Å². The maximum absolute atomic E-state index is 6.49. The van der Waals surface area contributed by atoms with Crippen LogP contribution in [0.2, 0.25) is 0 Å². The van der Waals surface area contributed by atoms with Crippen molar-refractivity contribution in [2.24, 2.45) is 11.8 Å². The number of rotatable bonds is 2. The topological polar surface area (TPSA) is 36.9 Å². The molecule has 0 unspecified atom stereocenters. The molecule has 6 rings (SSSR count). The van der Waals surface area contributed by atoms with Gasteiger partial charge in [0.05, 0.1) is 6.61 Å². The van der Waals surface area contributed by atoms with Gasteiger partial charge in [0.2, 0.25) is 5.79 Å². The molecule has 1 aliphatic carbocycles. The third-order valence-electron chi connectivity index (χ3n) is 6.51. The summed E-state index contributed by atoms with van der Waals surface area (Å²) in [4.78, 5) is 12.2. The number of fused-ring (bicyclic) bond motifs is 2. The van der Waals surface area contributed by atoms with Crippen LogP contribution in [0.1, 0.15) is 49.7 Å². The summed E-state index contributed by atoms with van der Waals surface area (Å²) >= 11 is 0. The molecule has 128 valence electrons. The first-order chi connectivity index (χ1) is 11.8. The lowest BCUT2D eigenvalue weighted by Gasteiger charge is -2.56. The molecule has 5 fully saturated rings. The summed E-state index contributed by atoms with van der Waals surface area (Å²) in [6, 6.07) is 8.18. The van der Waals surface area contributed by atoms with E-state index >= 15 is 0 Å². The molecule has 1 spiro atoms. The van der Waals surface area contributed by atoms with E-state index in [1.807, 2.05) is 30.3 Å². The summed E-state index contributed by atoms with van der Waals surface area (Å²) < 4.78 is 12.6. The van der Waals surface area contributed by atoms with E-state index < -0.39 is 11.4 Å². The van der Waals surface area contributed by atoms with E-state index in [1.54, 1.807) is 0 Å². The first kappa shape index (κ1) is 15.1. The predicted octanol–water partition coefficient (Wildman–Crippen LogP) is 4.16. The Kier molecular flexibility index (Phi) is 3.39. The summed E-state index contributed by atoms with van der Waals surface area (Å²) in [6.07, 6.45) is 8.05. The third-order valence-corrected chi connectivity index (χ3v) is 6.51. The van der Waals surface area contributed by atoms with E-state index in [4.69, 9.17) is 19.2 Å². The summed E-state index contributed by atoms with van der Waals surface area (Å²) in [5.74, 6) is 0.0853. The van der Waals surface area contributed by atoms with Crippen molar-refractivity contribution in [2.45, 2.75) is 56.2 Å². The zero-order chi connectivity index (χ0) is 16.2. The Morgan fingerprint density at radius 3 is 2.58 bits per heavy atom. The van der Waals surface area contributed by atoms with Gasteiger partial charge < -0.3 is 9.47 Å². The van der Waals surface area contributed by atoms with E-state index in [0.29, 0.717) is 11.8 Å². The Hall–Kier alpha value is -1.20. The lowest BCUT2D eigenvalue weighted by molar-refractivity contribution is -0.573. The summed E-state index contributed by atoms with van der Waals surface area (Å²) in [5, 5.41) is 0. The minimum atomic E-state index is -0.852. The van der Waals surface area contributed by atoms with E-state index in [9.17, 15) is 0 Å². The Morgan fingerprint density at radius 2 is 1.79 bits per heavy atom. The van der Waals surface area contributed by atoms with Gasteiger partial charge in [-0.3, -0.25) is 0 Å². The Balaban J connectivity index is 1.55. The number of ether oxygens (including phenoxy) is 2. The second-order valence-electron chi connectivity index (χ2n) is 7.57. The van der Waals surface area contributed by atoms with Gasteiger partial charge in [-0.05, 0) is 43.1 Å². The van der Waals surface area contributed by atoms with Crippen LogP contribution in [-0.4, -0.2) is 18.5 Å². The molecule has 4 heterocycles. The van der Waals surface area contributed by atoms with Crippen molar-refractivity contribution in [3.05, 3.63) is 42.0 Å². The second kappa shape index (κ2) is 5.40. The van der Waals surface area contributed by atoms with Gasteiger partial charge in [-0.1, -0.05) is 43.3 Å². The molecular weight excluding hydrogens is 304 g/mol. The molecule has 4 aliphatic heterocycles. The molecular formula is C20H24O4. The number of hydrogen-bond donors (Lipinski definition) is 0. The fourth-order valence-corrected chi connectivity index (χ4v) is 5.20. The second-order valence-corrected chi connectivity index (χ2v) is 7.57. The predicted molar refractivity (Wildman–Crippen MR) is 88.6 cm³/mol. The lowest BCUT2D eigenvalue weighted by Crippen LogP contribution is -2.65. The van der Waals surface area contributed by atoms with Gasteiger partial charge >= 0.3 is 0 Å². The third kappa shape index (κ3) is 1.94. The number of benzene rings is 1. The minimum absolute atomic E-state index is 0.322. The van der Waals surface area contributed by atoms with Crippen molar-refractivity contribution >= 4 is 6.08 Å². The monoisotopic (exact) mass is 328 g/mol. The molecule has 0 N–H and O–H groups in total. The van der Waals surface area contributed by atoms with E-state index in [-0.39, 0.29) is 6.29 Å². The van der Waals surface area contributed by atoms with Gasteiger partial charge in [-0.25, -0.2) is 4.89 Å². The average molecular weight is 328 g/mol. The summed E-state index contributed by atoms with van der Waals surface area (Å²) in [5.41, 5.74) is 1.67. The molecule has 4 saturated heterocycles. The van der Waals surface area contributed by atoms with Crippen LogP contribution in [0.25, 0.3) is 6.08 Å². The van der Waals surface area contributed by atoms with Gasteiger partial charge in [0.25, 0.3) is 0 Å². The normalized spacial score (nSPS) is 43.8. The maximum Gasteiger partial charge on any atom is 0.230 e. The van der Waals surface area contributed by atoms with Crippen LogP contribution >= 0.6 is 0 Å². The minimum Gasteiger partial charge on any atom is -0.349 e. The van der Waals surface area contributed by atoms with Crippen LogP contribution in [0.5, 0.6) is 0 Å². The molecule has 1 aromatic rings. The molecule has 5 aliphatic rings. The first-order valence-corrected chi connectivity index (χ1v) is 9.16. The highest BCUT2D eigenvalue weighted by Crippen LogP contribution is 2.59. The van der Waals surface area contributed by atoms with Crippen LogP contribution in [-0.2, 0) is 25.0 Å². The van der Waals surface area contributed by atoms with Crippen molar-refractivity contribution in [1.29, 1.82) is 0 Å². The van der Waals surface area contributed by atoms with Gasteiger partial charge in [-0.2, -0.15) is 4.89 Å². The molecule has 1 aromatic carbocycles. The van der Waals surface area contributed by atoms with Crippen LogP contribution in [0.15, 0.2) is 30.8 Å². The molecule has 4 nitrogen and oxygen atoms in total. The molecule has 1 saturated carbocycles. The van der Waals surface area contributed by atoms with Gasteiger partial charge in [0.15, 0.2) is 11.9 Å². The molecule has 24 heavy (non-hydrogen) atoms. The maximum atomic E-state index is 6.49. The Morgan fingerprint density at radius 1 is 1.00 bits per heavy atom. The van der Waals surface area contributed by atoms with Crippen LogP contribution in [0.3, 0.4) is 0 Å². The zero-order valence-corrected chi connectivity index (χ0v) is 13.9. The van der Waals surface area contributed by atoms with Crippen LogP contribution < -0.4 is 0 Å². The Labute approximate surface area is 142 Å². The SMILES string of the molecule is C=Cc1ccc([C@@]23CC[C@H]4CCC[C@H]5CCO[C@H](O2)[C@@]45OO3)cc1. The van der Waals surface area contributed by atoms with Crippen molar-refractivity contribution in [1.82, 2.24) is 0 Å².